The van der Waals surface area contributed by atoms with E-state index in [1.807, 2.05) is 31.2 Å². The van der Waals surface area contributed by atoms with Crippen LogP contribution in [0.4, 0.5) is 5.82 Å². The van der Waals surface area contributed by atoms with Crippen LogP contribution in [0, 0.1) is 0 Å². The van der Waals surface area contributed by atoms with E-state index in [1.54, 1.807) is 0 Å². The van der Waals surface area contributed by atoms with Crippen LogP contribution in [0.2, 0.25) is 0 Å². The average Bonchev–Trinajstić information content (AvgIpc) is 3.30. The molecular formula is C23H29N3O5P2. The van der Waals surface area contributed by atoms with Gasteiger partial charge < -0.3 is 29.3 Å². The Labute approximate surface area is 195 Å². The maximum atomic E-state index is 9.74. The molecule has 1 aliphatic rings. The zero-order chi connectivity index (χ0) is 23.2. The van der Waals surface area contributed by atoms with E-state index in [4.69, 9.17) is 29.0 Å². The van der Waals surface area contributed by atoms with E-state index in [2.05, 4.69) is 29.6 Å². The van der Waals surface area contributed by atoms with Crippen LogP contribution < -0.4 is 5.32 Å². The summed E-state index contributed by atoms with van der Waals surface area (Å²) in [6, 6.07) is 16.4. The van der Waals surface area contributed by atoms with Crippen LogP contribution in [-0.4, -0.2) is 43.3 Å². The standard InChI is InChI=1S/C23H29N3O5P2/c1-2-22-25-20-12-17(21-11-9-18(31-21)14-30-33(29)15-32(27)28)8-10-19(20)23(26-22)24-13-16-6-4-3-5-7-16/h3-8,10,12,18,21,27-29H,2,9,11,13-15H2,1H3,(H,24,25,26)/t18-,21?,33?/m0/s1. The minimum absolute atomic E-state index is 0.0681. The van der Waals surface area contributed by atoms with Crippen LogP contribution in [-0.2, 0) is 22.2 Å². The van der Waals surface area contributed by atoms with Crippen molar-refractivity contribution >= 4 is 33.5 Å². The molecule has 0 bridgehead atoms. The zero-order valence-corrected chi connectivity index (χ0v) is 20.3. The van der Waals surface area contributed by atoms with Crippen molar-refractivity contribution in [1.82, 2.24) is 9.97 Å². The molecule has 1 aliphatic heterocycles. The maximum absolute atomic E-state index is 9.74. The normalized spacial score (nSPS) is 19.3. The van der Waals surface area contributed by atoms with Gasteiger partial charge in [0.25, 0.3) is 0 Å². The van der Waals surface area contributed by atoms with Gasteiger partial charge in [0.2, 0.25) is 0 Å². The molecule has 1 fully saturated rings. The number of anilines is 1. The lowest BCUT2D eigenvalue weighted by atomic mass is 10.0. The quantitative estimate of drug-likeness (QED) is 0.306. The molecule has 0 aliphatic carbocycles. The summed E-state index contributed by atoms with van der Waals surface area (Å²) < 4.78 is 11.5. The molecule has 4 rings (SSSR count). The zero-order valence-electron chi connectivity index (χ0n) is 18.5. The first kappa shape index (κ1) is 24.4. The first-order chi connectivity index (χ1) is 16.0. The summed E-state index contributed by atoms with van der Waals surface area (Å²) in [6.07, 6.45) is 2.20. The average molecular weight is 489 g/mol. The lowest BCUT2D eigenvalue weighted by Crippen LogP contribution is -2.13. The fraction of sp³-hybridized carbons (Fsp3) is 0.391. The second-order valence-corrected chi connectivity index (χ2v) is 10.8. The Morgan fingerprint density at radius 2 is 1.91 bits per heavy atom. The monoisotopic (exact) mass is 489 g/mol. The fourth-order valence-corrected chi connectivity index (χ4v) is 5.39. The van der Waals surface area contributed by atoms with Gasteiger partial charge in [0.15, 0.2) is 16.8 Å². The summed E-state index contributed by atoms with van der Waals surface area (Å²) in [5, 5.41) is 4.43. The van der Waals surface area contributed by atoms with Crippen LogP contribution in [0.3, 0.4) is 0 Å². The number of hydrogen-bond acceptors (Lipinski definition) is 8. The number of ether oxygens (including phenoxy) is 1. The number of nitrogens with zero attached hydrogens (tertiary/aromatic N) is 2. The van der Waals surface area contributed by atoms with Crippen molar-refractivity contribution < 1.29 is 23.9 Å². The Kier molecular flexibility index (Phi) is 8.55. The molecule has 33 heavy (non-hydrogen) atoms. The highest BCUT2D eigenvalue weighted by atomic mass is 31.2. The predicted octanol–water partition coefficient (Wildman–Crippen LogP) is 4.60. The first-order valence-electron chi connectivity index (χ1n) is 11.0. The van der Waals surface area contributed by atoms with Crippen LogP contribution in [0.15, 0.2) is 48.5 Å². The molecule has 4 N–H and O–H groups in total. The van der Waals surface area contributed by atoms with Gasteiger partial charge in [-0.25, -0.2) is 9.97 Å². The Bertz CT molecular complexity index is 1060. The third-order valence-electron chi connectivity index (χ3n) is 5.52. The lowest BCUT2D eigenvalue weighted by molar-refractivity contribution is 0.0178. The van der Waals surface area contributed by atoms with E-state index in [1.165, 1.54) is 5.56 Å². The molecule has 0 radical (unpaired) electrons. The number of aryl methyl sites for hydroxylation is 1. The van der Waals surface area contributed by atoms with Gasteiger partial charge in [-0.15, -0.1) is 0 Å². The predicted molar refractivity (Wildman–Crippen MR) is 131 cm³/mol. The Hall–Kier alpha value is -1.76. The van der Waals surface area contributed by atoms with Gasteiger partial charge in [-0.1, -0.05) is 43.3 Å². The summed E-state index contributed by atoms with van der Waals surface area (Å²) in [4.78, 5) is 37.2. The number of aromatic nitrogens is 2. The van der Waals surface area contributed by atoms with E-state index in [0.29, 0.717) is 6.54 Å². The van der Waals surface area contributed by atoms with Crippen LogP contribution in [0.5, 0.6) is 0 Å². The topological polar surface area (TPSA) is 117 Å². The molecule has 1 aromatic heterocycles. The Morgan fingerprint density at radius 1 is 1.09 bits per heavy atom. The van der Waals surface area contributed by atoms with E-state index in [0.717, 1.165) is 47.4 Å². The highest BCUT2D eigenvalue weighted by molar-refractivity contribution is 7.63. The summed E-state index contributed by atoms with van der Waals surface area (Å²) >= 11 is 0. The summed E-state index contributed by atoms with van der Waals surface area (Å²) in [5.74, 6) is 1.50. The Morgan fingerprint density at radius 3 is 2.67 bits per heavy atom. The Balaban J connectivity index is 1.45. The second-order valence-electron chi connectivity index (χ2n) is 7.94. The third-order valence-corrected chi connectivity index (χ3v) is 7.95. The summed E-state index contributed by atoms with van der Waals surface area (Å²) in [6.45, 7) is 2.97. The van der Waals surface area contributed by atoms with Crippen LogP contribution in [0.25, 0.3) is 10.9 Å². The van der Waals surface area contributed by atoms with Gasteiger partial charge in [0, 0.05) is 18.4 Å². The molecule has 2 heterocycles. The third kappa shape index (κ3) is 6.65. The molecule has 2 aromatic carbocycles. The van der Waals surface area contributed by atoms with Crippen LogP contribution in [0.1, 0.15) is 42.8 Å². The summed E-state index contributed by atoms with van der Waals surface area (Å²) in [7, 11) is -3.99. The lowest BCUT2D eigenvalue weighted by Gasteiger charge is -2.17. The van der Waals surface area contributed by atoms with E-state index < -0.39 is 16.8 Å². The smallest absolute Gasteiger partial charge is 0.177 e. The van der Waals surface area contributed by atoms with Crippen molar-refractivity contribution in [3.8, 4) is 0 Å². The van der Waals surface area contributed by atoms with E-state index in [-0.39, 0.29) is 24.7 Å². The molecule has 0 amide bonds. The highest BCUT2D eigenvalue weighted by Crippen LogP contribution is 2.44. The molecule has 176 valence electrons. The fourth-order valence-electron chi connectivity index (χ4n) is 3.86. The molecule has 0 saturated carbocycles. The van der Waals surface area contributed by atoms with Gasteiger partial charge in [0.1, 0.15) is 11.6 Å². The number of hydrogen-bond donors (Lipinski definition) is 4. The highest BCUT2D eigenvalue weighted by Gasteiger charge is 2.28. The molecule has 8 nitrogen and oxygen atoms in total. The number of nitrogens with one attached hydrogen (secondary N) is 1. The molecule has 3 aromatic rings. The number of fused-ring (bicyclic) bond motifs is 1. The van der Waals surface area contributed by atoms with E-state index >= 15 is 0 Å². The van der Waals surface area contributed by atoms with Crippen molar-refractivity contribution in [3.63, 3.8) is 0 Å². The largest absolute Gasteiger partial charge is 0.368 e. The molecule has 3 atom stereocenters. The van der Waals surface area contributed by atoms with E-state index in [9.17, 15) is 4.89 Å². The molecule has 1 saturated heterocycles. The molecule has 0 spiro atoms. The van der Waals surface area contributed by atoms with Gasteiger partial charge >= 0.3 is 0 Å². The molecule has 10 heteroatoms. The van der Waals surface area contributed by atoms with Crippen molar-refractivity contribution in [2.24, 2.45) is 0 Å². The maximum Gasteiger partial charge on any atom is 0.177 e. The van der Waals surface area contributed by atoms with Crippen molar-refractivity contribution in [2.75, 3.05) is 17.8 Å². The van der Waals surface area contributed by atoms with Gasteiger partial charge in [-0.05, 0) is 36.1 Å². The number of rotatable bonds is 10. The SMILES string of the molecule is CCc1nc(NCc2ccccc2)c2ccc(C3CC[C@@H](COP(O)CP(O)O)O3)cc2n1. The minimum Gasteiger partial charge on any atom is -0.368 e. The van der Waals surface area contributed by atoms with Crippen LogP contribution >= 0.6 is 16.8 Å². The first-order valence-corrected chi connectivity index (χ1v) is 13.8. The van der Waals surface area contributed by atoms with Gasteiger partial charge in [-0.3, -0.25) is 0 Å². The summed E-state index contributed by atoms with van der Waals surface area (Å²) in [5.41, 5.74) is 3.13. The molecular weight excluding hydrogens is 460 g/mol. The van der Waals surface area contributed by atoms with Gasteiger partial charge in [-0.2, -0.15) is 0 Å². The molecule has 2 unspecified atom stereocenters. The van der Waals surface area contributed by atoms with Crippen molar-refractivity contribution in [3.05, 3.63) is 65.5 Å². The second kappa shape index (κ2) is 11.6. The van der Waals surface area contributed by atoms with Crippen molar-refractivity contribution in [2.45, 2.75) is 44.9 Å². The number of benzene rings is 2. The van der Waals surface area contributed by atoms with Crippen molar-refractivity contribution in [1.29, 1.82) is 0 Å². The minimum atomic E-state index is -2.15. The van der Waals surface area contributed by atoms with Gasteiger partial charge in [0.05, 0.1) is 30.2 Å².